The largest absolute Gasteiger partial charge is 0.372 e. The summed E-state index contributed by atoms with van der Waals surface area (Å²) in [5.74, 6) is 0.0298. The number of anilines is 2. The van der Waals surface area contributed by atoms with E-state index in [-0.39, 0.29) is 17.7 Å². The number of amides is 1. The molecule has 0 fully saturated rings. The van der Waals surface area contributed by atoms with E-state index in [1.165, 1.54) is 24.0 Å². The highest BCUT2D eigenvalue weighted by Crippen LogP contribution is 2.38. The van der Waals surface area contributed by atoms with Crippen molar-refractivity contribution in [1.29, 1.82) is 0 Å². The number of ketones is 1. The van der Waals surface area contributed by atoms with Crippen molar-refractivity contribution in [3.63, 3.8) is 0 Å². The van der Waals surface area contributed by atoms with Gasteiger partial charge >= 0.3 is 0 Å². The van der Waals surface area contributed by atoms with Gasteiger partial charge in [-0.1, -0.05) is 6.92 Å². The lowest BCUT2D eigenvalue weighted by Crippen LogP contribution is -2.52. The maximum atomic E-state index is 12.7. The average Bonchev–Trinajstić information content (AvgIpc) is 2.52. The molecule has 3 rings (SSSR count). The standard InChI is InChI=1S/C18H24N2O2/c1-4-15-18(22)20(11(2)12(3)21)17-10-14-8-6-5-7-13(14)9-16(17)19-15/h9-11,15,19H,4-8H2,1-3H3. The molecule has 118 valence electrons. The van der Waals surface area contributed by atoms with E-state index in [0.29, 0.717) is 0 Å². The molecular formula is C18H24N2O2. The van der Waals surface area contributed by atoms with Gasteiger partial charge in [-0.3, -0.25) is 14.5 Å². The van der Waals surface area contributed by atoms with Gasteiger partial charge in [0, 0.05) is 0 Å². The van der Waals surface area contributed by atoms with Crippen LogP contribution in [0, 0.1) is 0 Å². The number of carbonyl (C=O) groups is 2. The third kappa shape index (κ3) is 2.40. The Balaban J connectivity index is 2.10. The van der Waals surface area contributed by atoms with Crippen LogP contribution in [0.5, 0.6) is 0 Å². The number of rotatable bonds is 3. The van der Waals surface area contributed by atoms with Crippen molar-refractivity contribution in [3.8, 4) is 0 Å². The van der Waals surface area contributed by atoms with Gasteiger partial charge in [-0.25, -0.2) is 0 Å². The van der Waals surface area contributed by atoms with Crippen LogP contribution >= 0.6 is 0 Å². The van der Waals surface area contributed by atoms with Crippen LogP contribution < -0.4 is 10.2 Å². The number of hydrogen-bond donors (Lipinski definition) is 1. The molecule has 0 spiro atoms. The van der Waals surface area contributed by atoms with Gasteiger partial charge in [0.1, 0.15) is 6.04 Å². The van der Waals surface area contributed by atoms with E-state index in [9.17, 15) is 9.59 Å². The van der Waals surface area contributed by atoms with Crippen molar-refractivity contribution in [2.45, 2.75) is 65.0 Å². The number of nitrogens with zero attached hydrogens (tertiary/aromatic N) is 1. The molecular weight excluding hydrogens is 276 g/mol. The quantitative estimate of drug-likeness (QED) is 0.933. The van der Waals surface area contributed by atoms with E-state index in [1.807, 2.05) is 13.8 Å². The molecule has 1 aromatic rings. The van der Waals surface area contributed by atoms with E-state index in [4.69, 9.17) is 0 Å². The minimum absolute atomic E-state index is 0.00783. The van der Waals surface area contributed by atoms with Gasteiger partial charge in [0.25, 0.3) is 0 Å². The number of carbonyl (C=O) groups excluding carboxylic acids is 2. The van der Waals surface area contributed by atoms with Crippen LogP contribution in [0.3, 0.4) is 0 Å². The Morgan fingerprint density at radius 2 is 1.95 bits per heavy atom. The van der Waals surface area contributed by atoms with E-state index in [2.05, 4.69) is 17.4 Å². The van der Waals surface area contributed by atoms with Gasteiger partial charge < -0.3 is 5.32 Å². The second-order valence-corrected chi connectivity index (χ2v) is 6.45. The van der Waals surface area contributed by atoms with Crippen LogP contribution in [0.4, 0.5) is 11.4 Å². The highest BCUT2D eigenvalue weighted by molar-refractivity contribution is 6.09. The molecule has 2 atom stereocenters. The minimum atomic E-state index is -0.413. The monoisotopic (exact) mass is 300 g/mol. The van der Waals surface area contributed by atoms with Crippen molar-refractivity contribution in [2.75, 3.05) is 10.2 Å². The fraction of sp³-hybridized carbons (Fsp3) is 0.556. The Kier molecular flexibility index (Phi) is 3.94. The molecule has 0 radical (unpaired) electrons. The van der Waals surface area contributed by atoms with Crippen molar-refractivity contribution in [1.82, 2.24) is 0 Å². The second-order valence-electron chi connectivity index (χ2n) is 6.45. The zero-order chi connectivity index (χ0) is 15.9. The number of fused-ring (bicyclic) bond motifs is 2. The Bertz CT molecular complexity index is 624. The number of hydrogen-bond acceptors (Lipinski definition) is 3. The first-order chi connectivity index (χ1) is 10.5. The predicted octanol–water partition coefficient (Wildman–Crippen LogP) is 3.08. The summed E-state index contributed by atoms with van der Waals surface area (Å²) in [6, 6.07) is 3.67. The van der Waals surface area contributed by atoms with Crippen molar-refractivity contribution < 1.29 is 9.59 Å². The summed E-state index contributed by atoms with van der Waals surface area (Å²) in [5.41, 5.74) is 4.59. The first-order valence-corrected chi connectivity index (χ1v) is 8.28. The number of benzene rings is 1. The Morgan fingerprint density at radius 3 is 2.55 bits per heavy atom. The Labute approximate surface area is 131 Å². The molecule has 1 N–H and O–H groups in total. The van der Waals surface area contributed by atoms with E-state index in [0.717, 1.165) is 30.6 Å². The second kappa shape index (κ2) is 5.75. The summed E-state index contributed by atoms with van der Waals surface area (Å²) in [4.78, 5) is 26.3. The van der Waals surface area contributed by atoms with Crippen LogP contribution in [0.2, 0.25) is 0 Å². The van der Waals surface area contributed by atoms with Gasteiger partial charge in [0.15, 0.2) is 5.78 Å². The predicted molar refractivity (Wildman–Crippen MR) is 88.4 cm³/mol. The van der Waals surface area contributed by atoms with Gasteiger partial charge in [-0.15, -0.1) is 0 Å². The summed E-state index contributed by atoms with van der Waals surface area (Å²) in [5, 5.41) is 3.37. The lowest BCUT2D eigenvalue weighted by Gasteiger charge is -2.39. The fourth-order valence-corrected chi connectivity index (χ4v) is 3.48. The third-order valence-electron chi connectivity index (χ3n) is 4.97. The summed E-state index contributed by atoms with van der Waals surface area (Å²) < 4.78 is 0. The highest BCUT2D eigenvalue weighted by atomic mass is 16.2. The van der Waals surface area contributed by atoms with Crippen LogP contribution in [0.1, 0.15) is 51.2 Å². The van der Waals surface area contributed by atoms with Crippen LogP contribution in [0.25, 0.3) is 0 Å². The van der Waals surface area contributed by atoms with Crippen LogP contribution in [-0.2, 0) is 22.4 Å². The maximum Gasteiger partial charge on any atom is 0.250 e. The molecule has 0 aromatic heterocycles. The van der Waals surface area contributed by atoms with Gasteiger partial charge in [-0.05, 0) is 69.2 Å². The van der Waals surface area contributed by atoms with Crippen LogP contribution in [-0.4, -0.2) is 23.8 Å². The van der Waals surface area contributed by atoms with Gasteiger partial charge in [0.2, 0.25) is 5.91 Å². The van der Waals surface area contributed by atoms with E-state index >= 15 is 0 Å². The normalized spacial score (nSPS) is 21.7. The molecule has 1 amide bonds. The van der Waals surface area contributed by atoms with Crippen molar-refractivity contribution in [2.24, 2.45) is 0 Å². The first-order valence-electron chi connectivity index (χ1n) is 8.28. The number of aryl methyl sites for hydroxylation is 2. The summed E-state index contributed by atoms with van der Waals surface area (Å²) in [6.07, 6.45) is 5.33. The third-order valence-corrected chi connectivity index (χ3v) is 4.97. The summed E-state index contributed by atoms with van der Waals surface area (Å²) in [6.45, 7) is 5.37. The van der Waals surface area contributed by atoms with Gasteiger partial charge in [0.05, 0.1) is 17.4 Å². The Hall–Kier alpha value is -1.84. The molecule has 1 heterocycles. The summed E-state index contributed by atoms with van der Waals surface area (Å²) in [7, 11) is 0. The van der Waals surface area contributed by atoms with E-state index in [1.54, 1.807) is 11.8 Å². The van der Waals surface area contributed by atoms with Crippen molar-refractivity contribution >= 4 is 23.1 Å². The smallest absolute Gasteiger partial charge is 0.250 e. The minimum Gasteiger partial charge on any atom is -0.372 e. The fourth-order valence-electron chi connectivity index (χ4n) is 3.48. The lowest BCUT2D eigenvalue weighted by atomic mass is 9.89. The molecule has 2 unspecified atom stereocenters. The molecule has 1 aromatic carbocycles. The zero-order valence-corrected chi connectivity index (χ0v) is 13.6. The molecule has 1 aliphatic heterocycles. The van der Waals surface area contributed by atoms with E-state index < -0.39 is 6.04 Å². The topological polar surface area (TPSA) is 49.4 Å². The first kappa shape index (κ1) is 15.1. The summed E-state index contributed by atoms with van der Waals surface area (Å²) >= 11 is 0. The zero-order valence-electron chi connectivity index (χ0n) is 13.6. The molecule has 4 nitrogen and oxygen atoms in total. The Morgan fingerprint density at radius 1 is 1.32 bits per heavy atom. The highest BCUT2D eigenvalue weighted by Gasteiger charge is 2.36. The number of Topliss-reactive ketones (excluding diaryl/α,β-unsaturated/α-hetero) is 1. The SMILES string of the molecule is CCC1Nc2cc3c(cc2N(C(C)C(C)=O)C1=O)CCCC3. The molecule has 0 saturated carbocycles. The lowest BCUT2D eigenvalue weighted by molar-refractivity contribution is -0.124. The van der Waals surface area contributed by atoms with Gasteiger partial charge in [-0.2, -0.15) is 0 Å². The molecule has 0 saturated heterocycles. The molecule has 22 heavy (non-hydrogen) atoms. The molecule has 4 heteroatoms. The molecule has 1 aliphatic carbocycles. The van der Waals surface area contributed by atoms with Crippen LogP contribution in [0.15, 0.2) is 12.1 Å². The maximum absolute atomic E-state index is 12.7. The average molecular weight is 300 g/mol. The van der Waals surface area contributed by atoms with Crippen molar-refractivity contribution in [3.05, 3.63) is 23.3 Å². The molecule has 0 bridgehead atoms. The number of nitrogens with one attached hydrogen (secondary N) is 1. The molecule has 2 aliphatic rings.